The molecule has 0 saturated carbocycles. The van der Waals surface area contributed by atoms with E-state index in [0.29, 0.717) is 23.7 Å². The van der Waals surface area contributed by atoms with Gasteiger partial charge in [0.1, 0.15) is 22.3 Å². The summed E-state index contributed by atoms with van der Waals surface area (Å²) in [7, 11) is 0. The predicted molar refractivity (Wildman–Crippen MR) is 329 cm³/mol. The summed E-state index contributed by atoms with van der Waals surface area (Å²) < 4.78 is 14.7. The van der Waals surface area contributed by atoms with Crippen LogP contribution < -0.4 is 9.80 Å². The van der Waals surface area contributed by atoms with Gasteiger partial charge in [0.2, 0.25) is 0 Å². The van der Waals surface area contributed by atoms with E-state index in [-0.39, 0.29) is 10.8 Å². The van der Waals surface area contributed by atoms with Crippen LogP contribution in [-0.2, 0) is 10.8 Å². The van der Waals surface area contributed by atoms with Crippen molar-refractivity contribution in [3.63, 3.8) is 0 Å². The normalized spacial score (nSPS) is 12.7. The highest BCUT2D eigenvalue weighted by Crippen LogP contribution is 2.52. The molecule has 386 valence electrons. The molecule has 0 aliphatic carbocycles. The highest BCUT2D eigenvalue weighted by Gasteiger charge is 2.35. The summed E-state index contributed by atoms with van der Waals surface area (Å²) in [6.07, 6.45) is 0. The van der Waals surface area contributed by atoms with Crippen LogP contribution in [0.15, 0.2) is 154 Å². The monoisotopic (exact) mass is 1000 g/mol. The van der Waals surface area contributed by atoms with Crippen molar-refractivity contribution in [2.45, 2.75) is 145 Å². The number of anilines is 6. The minimum Gasteiger partial charge on any atom is -0.456 e. The van der Waals surface area contributed by atoms with Gasteiger partial charge in [0.05, 0.1) is 0 Å². The maximum Gasteiger partial charge on any atom is 0.140 e. The first-order valence-corrected chi connectivity index (χ1v) is 27.8. The lowest BCUT2D eigenvalue weighted by atomic mass is 9.77. The third-order valence-electron chi connectivity index (χ3n) is 16.1. The number of nitrogens with zero attached hydrogens (tertiary/aromatic N) is 2. The standard InChI is InChI=1S/C72H76N2O2/c1-41(2)47-19-17-21-55(31-47)73(61-37-49(43(5)6)25-23-45(61)9)57-29-27-51-35-59-63(39-53(51)33-57)75-69-65(59)67(71(11,12)13)70-66(68(69)72(14,15)16)60-36-52-28-30-58(34-54(52)40-64(60)76-70)74(56-22-18-20-48(32-56)42(3)4)62-38-50(44(7)8)26-24-46(62)10/h17-44H,1-16H3. The highest BCUT2D eigenvalue weighted by atomic mass is 16.3. The van der Waals surface area contributed by atoms with Gasteiger partial charge >= 0.3 is 0 Å². The summed E-state index contributed by atoms with van der Waals surface area (Å²) in [5.41, 5.74) is 20.1. The van der Waals surface area contributed by atoms with Crippen LogP contribution in [0.2, 0.25) is 0 Å². The number of hydrogen-bond donors (Lipinski definition) is 0. The molecule has 0 spiro atoms. The molecule has 2 heterocycles. The SMILES string of the molecule is Cc1ccc(C(C)C)cc1N(c1cccc(C(C)C)c1)c1ccc2cc3c(cc2c1)oc1c(C(C)(C)C)c2c(oc4cc5cc(N(c6cccc(C(C)C)c6)c6cc(C(C)C)ccc6C)ccc5cc42)c(C(C)(C)C)c13. The molecule has 0 atom stereocenters. The van der Waals surface area contributed by atoms with Crippen LogP contribution >= 0.6 is 0 Å². The minimum atomic E-state index is -0.288. The van der Waals surface area contributed by atoms with E-state index in [0.717, 1.165) is 77.4 Å². The smallest absolute Gasteiger partial charge is 0.140 e. The lowest BCUT2D eigenvalue weighted by Crippen LogP contribution is -2.16. The summed E-state index contributed by atoms with van der Waals surface area (Å²) in [6, 6.07) is 55.1. The van der Waals surface area contributed by atoms with Crippen LogP contribution in [0.5, 0.6) is 0 Å². The lowest BCUT2D eigenvalue weighted by Gasteiger charge is -2.29. The quantitative estimate of drug-likeness (QED) is 0.137. The first-order valence-electron chi connectivity index (χ1n) is 27.8. The molecule has 0 radical (unpaired) electrons. The molecule has 0 aliphatic rings. The zero-order valence-electron chi connectivity index (χ0n) is 47.9. The van der Waals surface area contributed by atoms with E-state index < -0.39 is 0 Å². The summed E-state index contributed by atoms with van der Waals surface area (Å²) in [4.78, 5) is 4.89. The number of aryl methyl sites for hydroxylation is 2. The summed E-state index contributed by atoms with van der Waals surface area (Å²) in [5, 5.41) is 9.12. The van der Waals surface area contributed by atoms with Gasteiger partial charge in [-0.05, 0) is 188 Å². The Morgan fingerprint density at radius 1 is 0.355 bits per heavy atom. The van der Waals surface area contributed by atoms with Gasteiger partial charge in [0.25, 0.3) is 0 Å². The molecule has 0 N–H and O–H groups in total. The molecule has 0 unspecified atom stereocenters. The average Bonchev–Trinajstić information content (AvgIpc) is 4.02. The van der Waals surface area contributed by atoms with Gasteiger partial charge in [-0.25, -0.2) is 0 Å². The molecule has 0 fully saturated rings. The van der Waals surface area contributed by atoms with Gasteiger partial charge in [-0.3, -0.25) is 0 Å². The van der Waals surface area contributed by atoms with Crippen LogP contribution in [0.1, 0.15) is 165 Å². The highest BCUT2D eigenvalue weighted by molar-refractivity contribution is 6.23. The van der Waals surface area contributed by atoms with Crippen LogP contribution in [0.3, 0.4) is 0 Å². The van der Waals surface area contributed by atoms with E-state index in [1.807, 2.05) is 0 Å². The maximum atomic E-state index is 7.36. The molecule has 4 heteroatoms. The van der Waals surface area contributed by atoms with E-state index >= 15 is 0 Å². The van der Waals surface area contributed by atoms with Crippen molar-refractivity contribution in [1.82, 2.24) is 0 Å². The number of fused-ring (bicyclic) bond motifs is 8. The van der Waals surface area contributed by atoms with Crippen molar-refractivity contribution in [1.29, 1.82) is 0 Å². The Balaban J connectivity index is 1.12. The molecule has 0 bridgehead atoms. The van der Waals surface area contributed by atoms with Crippen molar-refractivity contribution < 1.29 is 8.83 Å². The summed E-state index contributed by atoms with van der Waals surface area (Å²) in [5.74, 6) is 1.63. The molecule has 0 aliphatic heterocycles. The fourth-order valence-corrected chi connectivity index (χ4v) is 11.8. The number of rotatable bonds is 10. The molecular formula is C72H76N2O2. The Kier molecular flexibility index (Phi) is 12.6. The summed E-state index contributed by atoms with van der Waals surface area (Å²) in [6.45, 7) is 36.5. The largest absolute Gasteiger partial charge is 0.456 e. The van der Waals surface area contributed by atoms with Crippen LogP contribution in [0.25, 0.3) is 65.4 Å². The van der Waals surface area contributed by atoms with Gasteiger partial charge in [0.15, 0.2) is 0 Å². The summed E-state index contributed by atoms with van der Waals surface area (Å²) >= 11 is 0. The molecule has 11 aromatic rings. The van der Waals surface area contributed by atoms with Gasteiger partial charge in [-0.1, -0.05) is 158 Å². The number of furan rings is 2. The van der Waals surface area contributed by atoms with E-state index in [9.17, 15) is 0 Å². The van der Waals surface area contributed by atoms with Crippen LogP contribution in [-0.4, -0.2) is 0 Å². The second-order valence-electron chi connectivity index (χ2n) is 25.2. The zero-order valence-corrected chi connectivity index (χ0v) is 47.9. The Bertz CT molecular complexity index is 3800. The van der Waals surface area contributed by atoms with Crippen molar-refractivity contribution in [2.24, 2.45) is 0 Å². The molecule has 0 amide bonds. The molecule has 0 saturated heterocycles. The van der Waals surface area contributed by atoms with Crippen molar-refractivity contribution in [3.05, 3.63) is 190 Å². The van der Waals surface area contributed by atoms with Crippen LogP contribution in [0, 0.1) is 13.8 Å². The zero-order chi connectivity index (χ0) is 53.9. The topological polar surface area (TPSA) is 32.8 Å². The fourth-order valence-electron chi connectivity index (χ4n) is 11.8. The Morgan fingerprint density at radius 2 is 0.711 bits per heavy atom. The van der Waals surface area contributed by atoms with Crippen molar-refractivity contribution in [3.8, 4) is 0 Å². The van der Waals surface area contributed by atoms with Crippen molar-refractivity contribution in [2.75, 3.05) is 9.80 Å². The minimum absolute atomic E-state index is 0.288. The molecule has 2 aromatic heterocycles. The predicted octanol–water partition coefficient (Wildman–Crippen LogP) is 22.4. The molecule has 4 nitrogen and oxygen atoms in total. The Morgan fingerprint density at radius 3 is 1.07 bits per heavy atom. The number of benzene rings is 9. The first-order chi connectivity index (χ1) is 36.0. The van der Waals surface area contributed by atoms with E-state index in [1.165, 1.54) is 66.7 Å². The second kappa shape index (κ2) is 18.8. The van der Waals surface area contributed by atoms with Gasteiger partial charge in [0, 0.05) is 66.8 Å². The third kappa shape index (κ3) is 8.82. The molecule has 76 heavy (non-hydrogen) atoms. The maximum absolute atomic E-state index is 7.36. The Hall–Kier alpha value is -7.30. The van der Waals surface area contributed by atoms with E-state index in [4.69, 9.17) is 8.83 Å². The van der Waals surface area contributed by atoms with Gasteiger partial charge in [-0.15, -0.1) is 0 Å². The molecule has 11 rings (SSSR count). The van der Waals surface area contributed by atoms with Crippen molar-refractivity contribution >= 4 is 99.5 Å². The Labute approximate surface area is 451 Å². The van der Waals surface area contributed by atoms with E-state index in [2.05, 4.69) is 266 Å². The third-order valence-corrected chi connectivity index (χ3v) is 16.1. The number of hydrogen-bond acceptors (Lipinski definition) is 4. The fraction of sp³-hybridized carbons (Fsp3) is 0.306. The first kappa shape index (κ1) is 50.8. The van der Waals surface area contributed by atoms with Gasteiger partial charge < -0.3 is 18.6 Å². The van der Waals surface area contributed by atoms with Crippen LogP contribution in [0.4, 0.5) is 34.1 Å². The lowest BCUT2D eigenvalue weighted by molar-refractivity contribution is 0.564. The van der Waals surface area contributed by atoms with Gasteiger partial charge in [-0.2, -0.15) is 0 Å². The molecular weight excluding hydrogens is 925 g/mol. The van der Waals surface area contributed by atoms with E-state index in [1.54, 1.807) is 0 Å². The second-order valence-corrected chi connectivity index (χ2v) is 25.2. The average molecular weight is 1000 g/mol. The molecule has 9 aromatic carbocycles.